The van der Waals surface area contributed by atoms with Crippen LogP contribution in [0.4, 0.5) is 10.1 Å². The Bertz CT molecular complexity index is 652. The Labute approximate surface area is 122 Å². The topological polar surface area (TPSA) is 70.1 Å². The van der Waals surface area contributed by atoms with E-state index in [0.29, 0.717) is 6.42 Å². The van der Waals surface area contributed by atoms with E-state index in [1.807, 2.05) is 6.92 Å². The first-order chi connectivity index (χ1) is 10.1. The summed E-state index contributed by atoms with van der Waals surface area (Å²) in [7, 11) is 0. The lowest BCUT2D eigenvalue weighted by Gasteiger charge is -2.12. The highest BCUT2D eigenvalue weighted by Gasteiger charge is 2.17. The van der Waals surface area contributed by atoms with Crippen molar-refractivity contribution in [3.05, 3.63) is 41.7 Å². The number of benzene rings is 1. The molecule has 2 aromatic rings. The minimum atomic E-state index is -0.562. The van der Waals surface area contributed by atoms with Gasteiger partial charge >= 0.3 is 5.97 Å². The summed E-state index contributed by atoms with van der Waals surface area (Å²) in [4.78, 5) is 16.1. The van der Waals surface area contributed by atoms with E-state index < -0.39 is 11.8 Å². The molecule has 0 bridgehead atoms. The van der Waals surface area contributed by atoms with Crippen molar-refractivity contribution in [2.45, 2.75) is 26.7 Å². The molecule has 0 spiro atoms. The molecule has 0 saturated carbocycles. The van der Waals surface area contributed by atoms with Crippen LogP contribution >= 0.6 is 0 Å². The Kier molecular flexibility index (Phi) is 4.57. The number of aromatic nitrogens is 2. The molecule has 0 atom stereocenters. The molecule has 0 aliphatic rings. The molecule has 0 saturated heterocycles. The van der Waals surface area contributed by atoms with Gasteiger partial charge in [0.15, 0.2) is 0 Å². The number of carbonyl (C=O) groups is 1. The van der Waals surface area contributed by atoms with Gasteiger partial charge in [0.1, 0.15) is 11.6 Å². The van der Waals surface area contributed by atoms with Crippen LogP contribution in [-0.2, 0) is 11.2 Å². The van der Waals surface area contributed by atoms with Crippen molar-refractivity contribution in [2.24, 2.45) is 0 Å². The minimum Gasteiger partial charge on any atom is -0.462 e. The van der Waals surface area contributed by atoms with Crippen molar-refractivity contribution < 1.29 is 13.9 Å². The van der Waals surface area contributed by atoms with Gasteiger partial charge in [-0.15, -0.1) is 0 Å². The SMILES string of the molecule is CCCc1nccn1-c1cc(C(=O)OCC)c(N)cc1F. The van der Waals surface area contributed by atoms with Crippen LogP contribution in [0.1, 0.15) is 36.5 Å². The van der Waals surface area contributed by atoms with E-state index in [4.69, 9.17) is 10.5 Å². The van der Waals surface area contributed by atoms with Gasteiger partial charge in [-0.3, -0.25) is 0 Å². The Hall–Kier alpha value is -2.37. The molecule has 1 aromatic carbocycles. The Morgan fingerprint density at radius 3 is 2.86 bits per heavy atom. The van der Waals surface area contributed by atoms with Crippen LogP contribution in [0.25, 0.3) is 5.69 Å². The smallest absolute Gasteiger partial charge is 0.340 e. The van der Waals surface area contributed by atoms with E-state index in [1.54, 1.807) is 23.9 Å². The lowest BCUT2D eigenvalue weighted by atomic mass is 10.1. The number of imidazole rings is 1. The lowest BCUT2D eigenvalue weighted by Crippen LogP contribution is -2.11. The maximum atomic E-state index is 14.2. The predicted octanol–water partition coefficient (Wildman–Crippen LogP) is 2.72. The zero-order valence-electron chi connectivity index (χ0n) is 12.1. The second-order valence-electron chi connectivity index (χ2n) is 4.57. The maximum absolute atomic E-state index is 14.2. The second-order valence-corrected chi connectivity index (χ2v) is 4.57. The predicted molar refractivity (Wildman–Crippen MR) is 77.9 cm³/mol. The van der Waals surface area contributed by atoms with Crippen molar-refractivity contribution >= 4 is 11.7 Å². The van der Waals surface area contributed by atoms with Crippen molar-refractivity contribution in [1.82, 2.24) is 9.55 Å². The molecular weight excluding hydrogens is 273 g/mol. The summed E-state index contributed by atoms with van der Waals surface area (Å²) in [6.07, 6.45) is 4.86. The van der Waals surface area contributed by atoms with Crippen LogP contribution in [0.5, 0.6) is 0 Å². The number of halogens is 1. The first-order valence-electron chi connectivity index (χ1n) is 6.87. The van der Waals surface area contributed by atoms with Crippen molar-refractivity contribution in [2.75, 3.05) is 12.3 Å². The molecule has 0 aliphatic heterocycles. The van der Waals surface area contributed by atoms with Gasteiger partial charge in [-0.1, -0.05) is 6.92 Å². The zero-order valence-corrected chi connectivity index (χ0v) is 12.1. The molecule has 0 radical (unpaired) electrons. The van der Waals surface area contributed by atoms with Crippen LogP contribution in [0, 0.1) is 5.82 Å². The van der Waals surface area contributed by atoms with Gasteiger partial charge in [-0.05, 0) is 25.5 Å². The first-order valence-corrected chi connectivity index (χ1v) is 6.87. The summed E-state index contributed by atoms with van der Waals surface area (Å²) in [5.74, 6) is -0.333. The third kappa shape index (κ3) is 3.04. The number of aryl methyl sites for hydroxylation is 1. The fourth-order valence-electron chi connectivity index (χ4n) is 2.11. The molecule has 112 valence electrons. The van der Waals surface area contributed by atoms with Crippen LogP contribution in [0.15, 0.2) is 24.5 Å². The van der Waals surface area contributed by atoms with E-state index >= 15 is 0 Å². The second kappa shape index (κ2) is 6.39. The van der Waals surface area contributed by atoms with E-state index in [2.05, 4.69) is 4.98 Å². The standard InChI is InChI=1S/C15H18FN3O2/c1-3-5-14-18-6-7-19(14)13-8-10(15(20)21-4-2)12(17)9-11(13)16/h6-9H,3-5,17H2,1-2H3. The third-order valence-corrected chi connectivity index (χ3v) is 3.06. The maximum Gasteiger partial charge on any atom is 0.340 e. The average Bonchev–Trinajstić information content (AvgIpc) is 2.87. The Balaban J connectivity index is 2.51. The van der Waals surface area contributed by atoms with Gasteiger partial charge in [-0.2, -0.15) is 0 Å². The van der Waals surface area contributed by atoms with Gasteiger partial charge in [0, 0.05) is 24.5 Å². The van der Waals surface area contributed by atoms with Gasteiger partial charge in [-0.25, -0.2) is 14.2 Å². The van der Waals surface area contributed by atoms with Gasteiger partial charge in [0.2, 0.25) is 0 Å². The summed E-state index contributed by atoms with van der Waals surface area (Å²) in [5.41, 5.74) is 6.17. The van der Waals surface area contributed by atoms with Crippen LogP contribution in [-0.4, -0.2) is 22.1 Å². The minimum absolute atomic E-state index is 0.0619. The number of rotatable bonds is 5. The number of anilines is 1. The summed E-state index contributed by atoms with van der Waals surface area (Å²) in [6.45, 7) is 3.95. The zero-order chi connectivity index (χ0) is 15.4. The number of hydrogen-bond acceptors (Lipinski definition) is 4. The summed E-state index contributed by atoms with van der Waals surface area (Å²) < 4.78 is 20.7. The van der Waals surface area contributed by atoms with Crippen molar-refractivity contribution in [1.29, 1.82) is 0 Å². The number of nitrogens with zero attached hydrogens (tertiary/aromatic N) is 2. The summed E-state index contributed by atoms with van der Waals surface area (Å²) in [6, 6.07) is 2.54. The number of nitrogens with two attached hydrogens (primary N) is 1. The molecule has 0 unspecified atom stereocenters. The molecule has 1 heterocycles. The van der Waals surface area contributed by atoms with E-state index in [0.717, 1.165) is 18.3 Å². The Morgan fingerprint density at radius 2 is 2.19 bits per heavy atom. The molecule has 2 N–H and O–H groups in total. The summed E-state index contributed by atoms with van der Waals surface area (Å²) in [5, 5.41) is 0. The molecule has 2 rings (SSSR count). The third-order valence-electron chi connectivity index (χ3n) is 3.06. The molecule has 6 heteroatoms. The molecule has 0 aliphatic carbocycles. The number of hydrogen-bond donors (Lipinski definition) is 1. The number of ether oxygens (including phenoxy) is 1. The highest BCUT2D eigenvalue weighted by Crippen LogP contribution is 2.23. The van der Waals surface area contributed by atoms with Crippen molar-refractivity contribution in [3.8, 4) is 5.69 Å². The van der Waals surface area contributed by atoms with Crippen LogP contribution in [0.3, 0.4) is 0 Å². The fourth-order valence-corrected chi connectivity index (χ4v) is 2.11. The largest absolute Gasteiger partial charge is 0.462 e. The normalized spacial score (nSPS) is 10.6. The molecular formula is C15H18FN3O2. The fraction of sp³-hybridized carbons (Fsp3) is 0.333. The highest BCUT2D eigenvalue weighted by molar-refractivity contribution is 5.95. The monoisotopic (exact) mass is 291 g/mol. The van der Waals surface area contributed by atoms with Crippen molar-refractivity contribution in [3.63, 3.8) is 0 Å². The summed E-state index contributed by atoms with van der Waals surface area (Å²) >= 11 is 0. The molecule has 5 nitrogen and oxygen atoms in total. The van der Waals surface area contributed by atoms with Gasteiger partial charge in [0.05, 0.1) is 17.9 Å². The molecule has 21 heavy (non-hydrogen) atoms. The number of carbonyl (C=O) groups excluding carboxylic acids is 1. The number of esters is 1. The highest BCUT2D eigenvalue weighted by atomic mass is 19.1. The molecule has 1 aromatic heterocycles. The molecule has 0 fully saturated rings. The Morgan fingerprint density at radius 1 is 1.43 bits per heavy atom. The number of nitrogen functional groups attached to an aromatic ring is 1. The molecule has 0 amide bonds. The van der Waals surface area contributed by atoms with Crippen LogP contribution < -0.4 is 5.73 Å². The first kappa shape index (κ1) is 15.0. The van der Waals surface area contributed by atoms with E-state index in [-0.39, 0.29) is 23.5 Å². The van der Waals surface area contributed by atoms with E-state index in [9.17, 15) is 9.18 Å². The van der Waals surface area contributed by atoms with Gasteiger partial charge < -0.3 is 15.0 Å². The van der Waals surface area contributed by atoms with E-state index in [1.165, 1.54) is 6.07 Å². The van der Waals surface area contributed by atoms with Gasteiger partial charge in [0.25, 0.3) is 0 Å². The van der Waals surface area contributed by atoms with Crippen LogP contribution in [0.2, 0.25) is 0 Å². The quantitative estimate of drug-likeness (QED) is 0.679. The average molecular weight is 291 g/mol. The lowest BCUT2D eigenvalue weighted by molar-refractivity contribution is 0.0527.